The zero-order valence-corrected chi connectivity index (χ0v) is 8.83. The first-order valence-electron chi connectivity index (χ1n) is 5.07. The third kappa shape index (κ3) is 1.27. The molecule has 0 saturated carbocycles. The van der Waals surface area contributed by atoms with Gasteiger partial charge in [0, 0.05) is 24.2 Å². The number of imidazole rings is 1. The van der Waals surface area contributed by atoms with Crippen LogP contribution in [0.2, 0.25) is 0 Å². The van der Waals surface area contributed by atoms with Crippen molar-refractivity contribution in [3.63, 3.8) is 0 Å². The Hall–Kier alpha value is -2.23. The molecule has 0 aliphatic carbocycles. The number of pyridine rings is 1. The first-order chi connectivity index (χ1) is 7.86. The van der Waals surface area contributed by atoms with Crippen LogP contribution in [0.15, 0.2) is 42.9 Å². The molecule has 78 valence electrons. The fourth-order valence-electron chi connectivity index (χ4n) is 1.84. The number of hydrogen-bond acceptors (Lipinski definition) is 3. The molecule has 0 amide bonds. The fourth-order valence-corrected chi connectivity index (χ4v) is 1.84. The zero-order chi connectivity index (χ0) is 11.0. The topological polar surface area (TPSA) is 43.1 Å². The minimum absolute atomic E-state index is 0.867. The first kappa shape index (κ1) is 9.03. The molecule has 0 aromatic carbocycles. The lowest BCUT2D eigenvalue weighted by Gasteiger charge is -2.00. The van der Waals surface area contributed by atoms with Crippen molar-refractivity contribution in [3.05, 3.63) is 48.5 Å². The molecule has 0 aliphatic heterocycles. The molecule has 0 saturated heterocycles. The van der Waals surface area contributed by atoms with Gasteiger partial charge in [0.2, 0.25) is 0 Å². The summed E-state index contributed by atoms with van der Waals surface area (Å²) >= 11 is 0. The van der Waals surface area contributed by atoms with Crippen molar-refractivity contribution in [3.8, 4) is 11.3 Å². The van der Waals surface area contributed by atoms with Crippen LogP contribution in [-0.2, 0) is 0 Å². The molecule has 16 heavy (non-hydrogen) atoms. The predicted octanol–water partition coefficient (Wildman–Crippen LogP) is 2.10. The van der Waals surface area contributed by atoms with E-state index in [1.807, 2.05) is 35.7 Å². The van der Waals surface area contributed by atoms with E-state index in [2.05, 4.69) is 15.1 Å². The van der Waals surface area contributed by atoms with Crippen LogP contribution in [-0.4, -0.2) is 19.6 Å². The Kier molecular flexibility index (Phi) is 1.93. The minimum Gasteiger partial charge on any atom is -0.265 e. The monoisotopic (exact) mass is 210 g/mol. The minimum atomic E-state index is 0.867. The van der Waals surface area contributed by atoms with Crippen molar-refractivity contribution in [2.75, 3.05) is 0 Å². The SMILES string of the molecule is Cc1nc2cccnn2c1-c1ccncc1. The number of hydrogen-bond donors (Lipinski definition) is 0. The van der Waals surface area contributed by atoms with E-state index < -0.39 is 0 Å². The fraction of sp³-hybridized carbons (Fsp3) is 0.0833. The number of fused-ring (bicyclic) bond motifs is 1. The second kappa shape index (κ2) is 3.41. The molecule has 0 fully saturated rings. The molecule has 3 heterocycles. The largest absolute Gasteiger partial charge is 0.265 e. The van der Waals surface area contributed by atoms with Crippen molar-refractivity contribution in [1.29, 1.82) is 0 Å². The summed E-state index contributed by atoms with van der Waals surface area (Å²) in [7, 11) is 0. The van der Waals surface area contributed by atoms with Crippen LogP contribution in [0.1, 0.15) is 5.69 Å². The smallest absolute Gasteiger partial charge is 0.154 e. The Labute approximate surface area is 92.6 Å². The van der Waals surface area contributed by atoms with Crippen LogP contribution < -0.4 is 0 Å². The highest BCUT2D eigenvalue weighted by molar-refractivity contribution is 5.65. The van der Waals surface area contributed by atoms with Gasteiger partial charge in [-0.2, -0.15) is 5.10 Å². The number of rotatable bonds is 1. The molecule has 0 bridgehead atoms. The maximum Gasteiger partial charge on any atom is 0.154 e. The van der Waals surface area contributed by atoms with Gasteiger partial charge in [-0.15, -0.1) is 0 Å². The highest BCUT2D eigenvalue weighted by atomic mass is 15.3. The van der Waals surface area contributed by atoms with Crippen LogP contribution >= 0.6 is 0 Å². The second-order valence-corrected chi connectivity index (χ2v) is 3.58. The van der Waals surface area contributed by atoms with Gasteiger partial charge in [-0.25, -0.2) is 9.50 Å². The van der Waals surface area contributed by atoms with E-state index >= 15 is 0 Å². The molecule has 3 aromatic heterocycles. The van der Waals surface area contributed by atoms with Gasteiger partial charge in [0.1, 0.15) is 0 Å². The highest BCUT2D eigenvalue weighted by Crippen LogP contribution is 2.22. The van der Waals surface area contributed by atoms with Gasteiger partial charge in [0.05, 0.1) is 11.4 Å². The first-order valence-corrected chi connectivity index (χ1v) is 5.07. The van der Waals surface area contributed by atoms with E-state index in [0.717, 1.165) is 22.6 Å². The summed E-state index contributed by atoms with van der Waals surface area (Å²) in [5.41, 5.74) is 3.95. The standard InChI is InChI=1S/C12H10N4/c1-9-12(10-4-7-13-8-5-10)16-11(15-9)3-2-6-14-16/h2-8H,1H3. The maximum absolute atomic E-state index is 4.47. The van der Waals surface area contributed by atoms with Gasteiger partial charge in [-0.3, -0.25) is 4.98 Å². The summed E-state index contributed by atoms with van der Waals surface area (Å²) in [6.07, 6.45) is 5.31. The summed E-state index contributed by atoms with van der Waals surface area (Å²) in [6.45, 7) is 1.99. The predicted molar refractivity (Wildman–Crippen MR) is 61.0 cm³/mol. The Morgan fingerprint density at radius 2 is 1.88 bits per heavy atom. The Balaban J connectivity index is 2.35. The van der Waals surface area contributed by atoms with Crippen LogP contribution in [0.5, 0.6) is 0 Å². The normalized spacial score (nSPS) is 10.8. The number of aryl methyl sites for hydroxylation is 1. The molecule has 0 aliphatic rings. The van der Waals surface area contributed by atoms with Crippen LogP contribution in [0.4, 0.5) is 0 Å². The summed E-state index contributed by atoms with van der Waals surface area (Å²) in [5, 5.41) is 4.31. The van der Waals surface area contributed by atoms with E-state index in [4.69, 9.17) is 0 Å². The highest BCUT2D eigenvalue weighted by Gasteiger charge is 2.10. The Morgan fingerprint density at radius 1 is 1.06 bits per heavy atom. The van der Waals surface area contributed by atoms with E-state index in [-0.39, 0.29) is 0 Å². The average Bonchev–Trinajstić information content (AvgIpc) is 2.66. The molecule has 0 N–H and O–H groups in total. The molecule has 4 heteroatoms. The zero-order valence-electron chi connectivity index (χ0n) is 8.83. The molecule has 3 rings (SSSR count). The van der Waals surface area contributed by atoms with Crippen LogP contribution in [0.25, 0.3) is 16.9 Å². The number of nitrogens with zero attached hydrogens (tertiary/aromatic N) is 4. The summed E-state index contributed by atoms with van der Waals surface area (Å²) in [6, 6.07) is 7.76. The van der Waals surface area contributed by atoms with Gasteiger partial charge in [-0.05, 0) is 31.2 Å². The molecule has 0 atom stereocenters. The molecule has 0 unspecified atom stereocenters. The second-order valence-electron chi connectivity index (χ2n) is 3.58. The lowest BCUT2D eigenvalue weighted by atomic mass is 10.2. The molecular weight excluding hydrogens is 200 g/mol. The lowest BCUT2D eigenvalue weighted by Crippen LogP contribution is -1.93. The molecule has 0 radical (unpaired) electrons. The van der Waals surface area contributed by atoms with E-state index in [0.29, 0.717) is 0 Å². The van der Waals surface area contributed by atoms with Gasteiger partial charge >= 0.3 is 0 Å². The van der Waals surface area contributed by atoms with Gasteiger partial charge in [0.25, 0.3) is 0 Å². The molecule has 4 nitrogen and oxygen atoms in total. The maximum atomic E-state index is 4.47. The van der Waals surface area contributed by atoms with Gasteiger partial charge in [-0.1, -0.05) is 0 Å². The molecular formula is C12H10N4. The Bertz CT molecular complexity index is 628. The number of aromatic nitrogens is 4. The molecule has 0 spiro atoms. The van der Waals surface area contributed by atoms with Crippen LogP contribution in [0, 0.1) is 6.92 Å². The van der Waals surface area contributed by atoms with Gasteiger partial charge in [0.15, 0.2) is 5.65 Å². The van der Waals surface area contributed by atoms with Crippen molar-refractivity contribution in [2.45, 2.75) is 6.92 Å². The third-order valence-corrected chi connectivity index (χ3v) is 2.52. The quantitative estimate of drug-likeness (QED) is 0.617. The van der Waals surface area contributed by atoms with E-state index in [1.54, 1.807) is 18.6 Å². The van der Waals surface area contributed by atoms with Crippen molar-refractivity contribution in [1.82, 2.24) is 19.6 Å². The van der Waals surface area contributed by atoms with E-state index in [1.165, 1.54) is 0 Å². The third-order valence-electron chi connectivity index (χ3n) is 2.52. The average molecular weight is 210 g/mol. The summed E-state index contributed by atoms with van der Waals surface area (Å²) < 4.78 is 1.85. The lowest BCUT2D eigenvalue weighted by molar-refractivity contribution is 0.941. The molecule has 3 aromatic rings. The Morgan fingerprint density at radius 3 is 2.69 bits per heavy atom. The summed E-state index contributed by atoms with van der Waals surface area (Å²) in [5.74, 6) is 0. The van der Waals surface area contributed by atoms with Crippen molar-refractivity contribution in [2.24, 2.45) is 0 Å². The van der Waals surface area contributed by atoms with E-state index in [9.17, 15) is 0 Å². The van der Waals surface area contributed by atoms with Crippen molar-refractivity contribution >= 4 is 5.65 Å². The summed E-state index contributed by atoms with van der Waals surface area (Å²) in [4.78, 5) is 8.48. The van der Waals surface area contributed by atoms with Crippen LogP contribution in [0.3, 0.4) is 0 Å². The van der Waals surface area contributed by atoms with Crippen molar-refractivity contribution < 1.29 is 0 Å². The van der Waals surface area contributed by atoms with Gasteiger partial charge < -0.3 is 0 Å².